The standard InChI is InChI=1S/C21H23N/c1-16-11-13-17-7-5-6-10-19(17)15-20(14-12-16)21(22)18-8-3-2-4-9-18/h2-4,6,8-11,13,15,21H,1,5,7,12,14,22H2/b13-11-,20-15?. The zero-order valence-corrected chi connectivity index (χ0v) is 13.0. The van der Waals surface area contributed by atoms with Crippen molar-refractivity contribution in [2.24, 2.45) is 5.73 Å². The normalized spacial score (nSPS) is 21.3. The van der Waals surface area contributed by atoms with Crippen LogP contribution in [0.5, 0.6) is 0 Å². The van der Waals surface area contributed by atoms with E-state index >= 15 is 0 Å². The van der Waals surface area contributed by atoms with Crippen LogP contribution in [0.3, 0.4) is 0 Å². The van der Waals surface area contributed by atoms with Crippen molar-refractivity contribution in [2.75, 3.05) is 0 Å². The molecule has 2 N–H and O–H groups in total. The quantitative estimate of drug-likeness (QED) is 0.799. The Hall–Kier alpha value is -2.12. The van der Waals surface area contributed by atoms with Gasteiger partial charge in [0.15, 0.2) is 0 Å². The number of rotatable bonds is 2. The Labute approximate surface area is 133 Å². The highest BCUT2D eigenvalue weighted by Gasteiger charge is 2.15. The molecular weight excluding hydrogens is 266 g/mol. The van der Waals surface area contributed by atoms with Crippen LogP contribution in [0.15, 0.2) is 89.6 Å². The number of allylic oxidation sites excluding steroid dienone is 8. The SMILES string of the molecule is C=C1/C=C\C2=C(C=CCC2)C=C(C(N)c2ccccc2)CC1. The lowest BCUT2D eigenvalue weighted by Crippen LogP contribution is -2.13. The van der Waals surface area contributed by atoms with Gasteiger partial charge >= 0.3 is 0 Å². The van der Waals surface area contributed by atoms with E-state index in [2.05, 4.69) is 61.2 Å². The second-order valence-electron chi connectivity index (χ2n) is 6.02. The molecule has 1 unspecified atom stereocenters. The van der Waals surface area contributed by atoms with Crippen molar-refractivity contribution in [3.63, 3.8) is 0 Å². The van der Waals surface area contributed by atoms with E-state index in [9.17, 15) is 0 Å². The summed E-state index contributed by atoms with van der Waals surface area (Å²) in [4.78, 5) is 0. The molecule has 1 aromatic rings. The average Bonchev–Trinajstić information content (AvgIpc) is 2.65. The van der Waals surface area contributed by atoms with Gasteiger partial charge in [0.1, 0.15) is 0 Å². The van der Waals surface area contributed by atoms with Crippen LogP contribution >= 0.6 is 0 Å². The highest BCUT2D eigenvalue weighted by Crippen LogP contribution is 2.30. The molecule has 0 bridgehead atoms. The van der Waals surface area contributed by atoms with Gasteiger partial charge in [-0.05, 0) is 48.0 Å². The molecule has 2 aliphatic rings. The predicted octanol–water partition coefficient (Wildman–Crippen LogP) is 5.17. The van der Waals surface area contributed by atoms with E-state index in [0.717, 1.165) is 25.7 Å². The Morgan fingerprint density at radius 2 is 1.77 bits per heavy atom. The fraction of sp³-hybridized carbons (Fsp3) is 0.238. The monoisotopic (exact) mass is 289 g/mol. The lowest BCUT2D eigenvalue weighted by molar-refractivity contribution is 0.769. The molecule has 0 fully saturated rings. The van der Waals surface area contributed by atoms with Crippen LogP contribution in [-0.2, 0) is 0 Å². The first-order chi connectivity index (χ1) is 10.7. The molecule has 112 valence electrons. The van der Waals surface area contributed by atoms with Crippen LogP contribution in [0.1, 0.15) is 37.3 Å². The average molecular weight is 289 g/mol. The third-order valence-electron chi connectivity index (χ3n) is 4.40. The predicted molar refractivity (Wildman–Crippen MR) is 94.4 cm³/mol. The van der Waals surface area contributed by atoms with Crippen LogP contribution in [0, 0.1) is 0 Å². The van der Waals surface area contributed by atoms with Crippen LogP contribution in [0.25, 0.3) is 0 Å². The van der Waals surface area contributed by atoms with Crippen molar-refractivity contribution in [1.82, 2.24) is 0 Å². The molecule has 2 aliphatic carbocycles. The molecule has 0 radical (unpaired) electrons. The Morgan fingerprint density at radius 1 is 0.955 bits per heavy atom. The molecule has 0 aliphatic heterocycles. The maximum Gasteiger partial charge on any atom is 0.0514 e. The number of hydrogen-bond acceptors (Lipinski definition) is 1. The fourth-order valence-corrected chi connectivity index (χ4v) is 3.02. The van der Waals surface area contributed by atoms with Gasteiger partial charge in [-0.1, -0.05) is 72.9 Å². The summed E-state index contributed by atoms with van der Waals surface area (Å²) in [6.45, 7) is 4.17. The molecular formula is C21H23N. The first kappa shape index (κ1) is 14.8. The van der Waals surface area contributed by atoms with E-state index in [0.29, 0.717) is 0 Å². The van der Waals surface area contributed by atoms with Crippen molar-refractivity contribution >= 4 is 0 Å². The van der Waals surface area contributed by atoms with Crippen molar-refractivity contribution < 1.29 is 0 Å². The Bertz CT molecular complexity index is 671. The van der Waals surface area contributed by atoms with Crippen LogP contribution in [0.4, 0.5) is 0 Å². The summed E-state index contributed by atoms with van der Waals surface area (Å²) in [6.07, 6.45) is 15.3. The summed E-state index contributed by atoms with van der Waals surface area (Å²) in [5.41, 5.74) is 12.9. The summed E-state index contributed by atoms with van der Waals surface area (Å²) in [5, 5.41) is 0. The topological polar surface area (TPSA) is 26.0 Å². The molecule has 1 nitrogen and oxygen atoms in total. The molecule has 0 saturated heterocycles. The molecule has 3 rings (SSSR count). The van der Waals surface area contributed by atoms with Crippen LogP contribution < -0.4 is 5.73 Å². The molecule has 0 spiro atoms. The molecule has 1 atom stereocenters. The summed E-state index contributed by atoms with van der Waals surface area (Å²) in [6, 6.07) is 10.3. The van der Waals surface area contributed by atoms with Gasteiger partial charge in [0, 0.05) is 0 Å². The minimum atomic E-state index is -0.0452. The lowest BCUT2D eigenvalue weighted by Gasteiger charge is -2.18. The lowest BCUT2D eigenvalue weighted by atomic mass is 9.91. The zero-order valence-electron chi connectivity index (χ0n) is 13.0. The maximum atomic E-state index is 6.54. The van der Waals surface area contributed by atoms with E-state index in [1.165, 1.54) is 27.9 Å². The minimum absolute atomic E-state index is 0.0452. The van der Waals surface area contributed by atoms with Gasteiger partial charge in [0.05, 0.1) is 6.04 Å². The number of benzene rings is 1. The minimum Gasteiger partial charge on any atom is -0.321 e. The van der Waals surface area contributed by atoms with E-state index in [-0.39, 0.29) is 6.04 Å². The van der Waals surface area contributed by atoms with Crippen LogP contribution in [-0.4, -0.2) is 0 Å². The second kappa shape index (κ2) is 6.76. The third-order valence-corrected chi connectivity index (χ3v) is 4.40. The van der Waals surface area contributed by atoms with Crippen molar-refractivity contribution in [1.29, 1.82) is 0 Å². The van der Waals surface area contributed by atoms with Gasteiger partial charge in [-0.25, -0.2) is 0 Å². The second-order valence-corrected chi connectivity index (χ2v) is 6.02. The summed E-state index contributed by atoms with van der Waals surface area (Å²) >= 11 is 0. The van der Waals surface area contributed by atoms with Crippen molar-refractivity contribution in [3.8, 4) is 0 Å². The van der Waals surface area contributed by atoms with Gasteiger partial charge in [-0.2, -0.15) is 0 Å². The summed E-state index contributed by atoms with van der Waals surface area (Å²) in [7, 11) is 0. The number of nitrogens with two attached hydrogens (primary N) is 1. The van der Waals surface area contributed by atoms with E-state index in [4.69, 9.17) is 5.73 Å². The fourth-order valence-electron chi connectivity index (χ4n) is 3.02. The molecule has 1 aromatic carbocycles. The molecule has 22 heavy (non-hydrogen) atoms. The zero-order chi connectivity index (χ0) is 15.4. The molecule has 0 aromatic heterocycles. The molecule has 0 heterocycles. The van der Waals surface area contributed by atoms with Gasteiger partial charge in [0.2, 0.25) is 0 Å². The Morgan fingerprint density at radius 3 is 2.59 bits per heavy atom. The molecule has 1 heteroatoms. The van der Waals surface area contributed by atoms with Crippen LogP contribution in [0.2, 0.25) is 0 Å². The van der Waals surface area contributed by atoms with Gasteiger partial charge < -0.3 is 5.73 Å². The van der Waals surface area contributed by atoms with Crippen molar-refractivity contribution in [3.05, 3.63) is 95.1 Å². The Kier molecular flexibility index (Phi) is 4.55. The largest absolute Gasteiger partial charge is 0.321 e. The van der Waals surface area contributed by atoms with E-state index < -0.39 is 0 Å². The smallest absolute Gasteiger partial charge is 0.0514 e. The Balaban J connectivity index is 2.00. The van der Waals surface area contributed by atoms with E-state index in [1.807, 2.05) is 6.07 Å². The molecule has 0 amide bonds. The van der Waals surface area contributed by atoms with Crippen molar-refractivity contribution in [2.45, 2.75) is 31.7 Å². The third kappa shape index (κ3) is 3.37. The summed E-state index contributed by atoms with van der Waals surface area (Å²) in [5.74, 6) is 0. The number of hydrogen-bond donors (Lipinski definition) is 1. The van der Waals surface area contributed by atoms with E-state index in [1.54, 1.807) is 0 Å². The highest BCUT2D eigenvalue weighted by atomic mass is 14.6. The maximum absolute atomic E-state index is 6.54. The summed E-state index contributed by atoms with van der Waals surface area (Å²) < 4.78 is 0. The molecule has 0 saturated carbocycles. The van der Waals surface area contributed by atoms with Gasteiger partial charge in [-0.15, -0.1) is 0 Å². The first-order valence-corrected chi connectivity index (χ1v) is 8.00. The highest BCUT2D eigenvalue weighted by molar-refractivity contribution is 5.48. The van der Waals surface area contributed by atoms with Gasteiger partial charge in [-0.3, -0.25) is 0 Å². The first-order valence-electron chi connectivity index (χ1n) is 8.00. The van der Waals surface area contributed by atoms with Gasteiger partial charge in [0.25, 0.3) is 0 Å².